The van der Waals surface area contributed by atoms with Crippen molar-refractivity contribution in [1.29, 1.82) is 0 Å². The first kappa shape index (κ1) is 9.20. The van der Waals surface area contributed by atoms with Crippen LogP contribution in [0.25, 0.3) is 0 Å². The number of hydrogen-bond acceptors (Lipinski definition) is 2. The number of fused-ring (bicyclic) bond motifs is 1. The summed E-state index contributed by atoms with van der Waals surface area (Å²) in [5.74, 6) is 0.725. The van der Waals surface area contributed by atoms with Gasteiger partial charge in [-0.25, -0.2) is 0 Å². The van der Waals surface area contributed by atoms with Crippen LogP contribution in [-0.4, -0.2) is 29.3 Å². The molecule has 2 saturated heterocycles. The minimum atomic E-state index is 0.334. The van der Waals surface area contributed by atoms with Crippen molar-refractivity contribution in [3.63, 3.8) is 0 Å². The third-order valence-corrected chi connectivity index (χ3v) is 4.04. The lowest BCUT2D eigenvalue weighted by Gasteiger charge is -2.30. The molecule has 0 radical (unpaired) electrons. The van der Waals surface area contributed by atoms with Crippen molar-refractivity contribution in [3.05, 3.63) is 0 Å². The van der Waals surface area contributed by atoms with Crippen molar-refractivity contribution in [3.8, 4) is 0 Å². The summed E-state index contributed by atoms with van der Waals surface area (Å²) < 4.78 is 0. The first-order valence-corrected chi connectivity index (χ1v) is 5.43. The third kappa shape index (κ3) is 1.32. The third-order valence-electron chi connectivity index (χ3n) is 4.04. The van der Waals surface area contributed by atoms with E-state index in [1.54, 1.807) is 6.92 Å². The van der Waals surface area contributed by atoms with E-state index in [0.29, 0.717) is 17.2 Å². The van der Waals surface area contributed by atoms with Crippen LogP contribution in [0.3, 0.4) is 0 Å². The van der Waals surface area contributed by atoms with Gasteiger partial charge in [-0.1, -0.05) is 6.92 Å². The van der Waals surface area contributed by atoms with Crippen LogP contribution in [-0.2, 0) is 4.79 Å². The molecule has 0 saturated carbocycles. The molecule has 0 bridgehead atoms. The Kier molecular flexibility index (Phi) is 2.18. The maximum Gasteiger partial charge on any atom is 0.134 e. The van der Waals surface area contributed by atoms with E-state index in [1.807, 2.05) is 0 Å². The molecular weight excluding hydrogens is 162 g/mol. The number of carbonyl (C=O) groups excluding carboxylic acids is 1. The van der Waals surface area contributed by atoms with E-state index in [-0.39, 0.29) is 0 Å². The van der Waals surface area contributed by atoms with Gasteiger partial charge in [-0.3, -0.25) is 9.69 Å². The molecule has 13 heavy (non-hydrogen) atoms. The molecule has 2 rings (SSSR count). The SMILES string of the molecule is CC[C@@]12CCCN1CC(C(C)=O)C2. The summed E-state index contributed by atoms with van der Waals surface area (Å²) in [5, 5.41) is 0. The number of nitrogens with zero attached hydrogens (tertiary/aromatic N) is 1. The molecule has 0 N–H and O–H groups in total. The first-order chi connectivity index (χ1) is 6.18. The topological polar surface area (TPSA) is 20.3 Å². The van der Waals surface area contributed by atoms with Gasteiger partial charge in [0.1, 0.15) is 5.78 Å². The number of carbonyl (C=O) groups is 1. The van der Waals surface area contributed by atoms with Crippen molar-refractivity contribution >= 4 is 5.78 Å². The van der Waals surface area contributed by atoms with E-state index in [2.05, 4.69) is 11.8 Å². The van der Waals surface area contributed by atoms with Crippen molar-refractivity contribution in [2.45, 2.75) is 45.1 Å². The minimum Gasteiger partial charge on any atom is -0.300 e. The molecule has 2 nitrogen and oxygen atoms in total. The second kappa shape index (κ2) is 3.09. The summed E-state index contributed by atoms with van der Waals surface area (Å²) in [5.41, 5.74) is 0.413. The smallest absolute Gasteiger partial charge is 0.134 e. The normalized spacial score (nSPS) is 39.4. The van der Waals surface area contributed by atoms with E-state index in [1.165, 1.54) is 25.8 Å². The first-order valence-electron chi connectivity index (χ1n) is 5.43. The van der Waals surface area contributed by atoms with Gasteiger partial charge in [0.05, 0.1) is 0 Å². The molecule has 2 atom stereocenters. The quantitative estimate of drug-likeness (QED) is 0.648. The number of hydrogen-bond donors (Lipinski definition) is 0. The van der Waals surface area contributed by atoms with Crippen molar-refractivity contribution < 1.29 is 4.79 Å². The fourth-order valence-corrected chi connectivity index (χ4v) is 3.12. The fraction of sp³-hybridized carbons (Fsp3) is 0.909. The average molecular weight is 181 g/mol. The van der Waals surface area contributed by atoms with Crippen LogP contribution in [0.4, 0.5) is 0 Å². The van der Waals surface area contributed by atoms with E-state index >= 15 is 0 Å². The zero-order valence-corrected chi connectivity index (χ0v) is 8.68. The number of rotatable bonds is 2. The van der Waals surface area contributed by atoms with Crippen LogP contribution in [0.5, 0.6) is 0 Å². The highest BCUT2D eigenvalue weighted by Crippen LogP contribution is 2.43. The molecule has 2 fully saturated rings. The van der Waals surface area contributed by atoms with Crippen LogP contribution in [0, 0.1) is 5.92 Å². The van der Waals surface area contributed by atoms with Gasteiger partial charge in [0.2, 0.25) is 0 Å². The average Bonchev–Trinajstić information content (AvgIpc) is 2.58. The van der Waals surface area contributed by atoms with Gasteiger partial charge < -0.3 is 0 Å². The molecule has 74 valence electrons. The Morgan fingerprint density at radius 3 is 2.92 bits per heavy atom. The van der Waals surface area contributed by atoms with E-state index in [9.17, 15) is 4.79 Å². The second-order valence-corrected chi connectivity index (χ2v) is 4.64. The molecule has 2 heterocycles. The molecule has 0 aliphatic carbocycles. The van der Waals surface area contributed by atoms with Gasteiger partial charge in [-0.15, -0.1) is 0 Å². The maximum atomic E-state index is 11.3. The van der Waals surface area contributed by atoms with Crippen LogP contribution in [0.15, 0.2) is 0 Å². The molecule has 0 aromatic heterocycles. The van der Waals surface area contributed by atoms with Crippen LogP contribution >= 0.6 is 0 Å². The molecule has 0 spiro atoms. The van der Waals surface area contributed by atoms with Gasteiger partial charge in [-0.05, 0) is 39.2 Å². The van der Waals surface area contributed by atoms with E-state index < -0.39 is 0 Å². The molecule has 2 aliphatic rings. The number of ketones is 1. The summed E-state index contributed by atoms with van der Waals surface area (Å²) in [6.07, 6.45) is 4.99. The Morgan fingerprint density at radius 1 is 1.62 bits per heavy atom. The molecule has 2 heteroatoms. The Morgan fingerprint density at radius 2 is 2.38 bits per heavy atom. The maximum absolute atomic E-state index is 11.3. The monoisotopic (exact) mass is 181 g/mol. The summed E-state index contributed by atoms with van der Waals surface area (Å²) in [6, 6.07) is 0. The Hall–Kier alpha value is -0.370. The van der Waals surface area contributed by atoms with Crippen molar-refractivity contribution in [2.75, 3.05) is 13.1 Å². The fourth-order valence-electron chi connectivity index (χ4n) is 3.12. The lowest BCUT2D eigenvalue weighted by molar-refractivity contribution is -0.120. The van der Waals surface area contributed by atoms with Crippen LogP contribution in [0.1, 0.15) is 39.5 Å². The molecular formula is C11H19NO. The van der Waals surface area contributed by atoms with Crippen molar-refractivity contribution in [1.82, 2.24) is 4.90 Å². The molecule has 1 unspecified atom stereocenters. The summed E-state index contributed by atoms with van der Waals surface area (Å²) in [4.78, 5) is 13.9. The van der Waals surface area contributed by atoms with E-state index in [0.717, 1.165) is 13.0 Å². The van der Waals surface area contributed by atoms with Gasteiger partial charge in [-0.2, -0.15) is 0 Å². The second-order valence-electron chi connectivity index (χ2n) is 4.64. The highest BCUT2D eigenvalue weighted by Gasteiger charge is 2.47. The zero-order valence-electron chi connectivity index (χ0n) is 8.68. The van der Waals surface area contributed by atoms with Crippen LogP contribution < -0.4 is 0 Å². The highest BCUT2D eigenvalue weighted by atomic mass is 16.1. The van der Waals surface area contributed by atoms with Gasteiger partial charge in [0.15, 0.2) is 0 Å². The largest absolute Gasteiger partial charge is 0.300 e. The zero-order chi connectivity index (χ0) is 9.47. The van der Waals surface area contributed by atoms with Crippen LogP contribution in [0.2, 0.25) is 0 Å². The van der Waals surface area contributed by atoms with E-state index in [4.69, 9.17) is 0 Å². The standard InChI is InChI=1S/C11H19NO/c1-3-11-5-4-6-12(11)8-10(7-11)9(2)13/h10H,3-8H2,1-2H3/t10?,11-/m0/s1. The Bertz CT molecular complexity index is 226. The Balaban J connectivity index is 2.13. The molecule has 0 aromatic carbocycles. The molecule has 0 amide bonds. The van der Waals surface area contributed by atoms with Gasteiger partial charge in [0.25, 0.3) is 0 Å². The summed E-state index contributed by atoms with van der Waals surface area (Å²) in [7, 11) is 0. The minimum absolute atomic E-state index is 0.334. The lowest BCUT2D eigenvalue weighted by Crippen LogP contribution is -2.37. The predicted molar refractivity (Wildman–Crippen MR) is 52.6 cm³/mol. The van der Waals surface area contributed by atoms with Crippen molar-refractivity contribution in [2.24, 2.45) is 5.92 Å². The predicted octanol–water partition coefficient (Wildman–Crippen LogP) is 1.84. The van der Waals surface area contributed by atoms with Gasteiger partial charge in [0, 0.05) is 18.0 Å². The lowest BCUT2D eigenvalue weighted by atomic mass is 9.86. The Labute approximate surface area is 80.3 Å². The molecule has 2 aliphatic heterocycles. The van der Waals surface area contributed by atoms with Gasteiger partial charge >= 0.3 is 0 Å². The number of Topliss-reactive ketones (excluding diaryl/α,β-unsaturated/α-hetero) is 1. The summed E-state index contributed by atoms with van der Waals surface area (Å²) >= 11 is 0. The molecule has 0 aromatic rings. The summed E-state index contributed by atoms with van der Waals surface area (Å²) in [6.45, 7) is 6.26. The highest BCUT2D eigenvalue weighted by molar-refractivity contribution is 5.79.